The molecule has 3 aromatic rings. The Morgan fingerprint density at radius 3 is 2.49 bits per heavy atom. The van der Waals surface area contributed by atoms with Gasteiger partial charge in [0.05, 0.1) is 6.20 Å². The standard InChI is InChI=1S/C27H32N4O4/c1-18(19-9-5-3-6-10-19)34-21-13-14-22(30-17-21)23-15-16-24(35-23)27(33)31(28)25(26(32)29-2)20-11-7-4-8-12-20/h3,5-6,9-10,13-18,20,25H,4,7-8,11-12,28H2,1-2H3,(H,29,32)/t18-,25-/m0/s1. The molecule has 0 radical (unpaired) electrons. The summed E-state index contributed by atoms with van der Waals surface area (Å²) in [5.41, 5.74) is 1.63. The molecule has 2 atom stereocenters. The van der Waals surface area contributed by atoms with E-state index in [1.54, 1.807) is 31.4 Å². The van der Waals surface area contributed by atoms with E-state index < -0.39 is 11.9 Å². The Morgan fingerprint density at radius 1 is 1.09 bits per heavy atom. The van der Waals surface area contributed by atoms with Crippen molar-refractivity contribution in [3.05, 3.63) is 72.1 Å². The Labute approximate surface area is 205 Å². The second kappa shape index (κ2) is 11.2. The van der Waals surface area contributed by atoms with Gasteiger partial charge in [-0.05, 0) is 55.5 Å². The van der Waals surface area contributed by atoms with Crippen LogP contribution in [-0.2, 0) is 4.79 Å². The molecule has 0 bridgehead atoms. The van der Waals surface area contributed by atoms with Gasteiger partial charge in [0, 0.05) is 7.05 Å². The first-order valence-electron chi connectivity index (χ1n) is 12.1. The van der Waals surface area contributed by atoms with Crippen LogP contribution in [0.5, 0.6) is 5.75 Å². The molecular weight excluding hydrogens is 444 g/mol. The summed E-state index contributed by atoms with van der Waals surface area (Å²) in [5.74, 6) is 6.54. The van der Waals surface area contributed by atoms with E-state index in [0.717, 1.165) is 42.7 Å². The lowest BCUT2D eigenvalue weighted by atomic mass is 9.83. The molecule has 0 spiro atoms. The van der Waals surface area contributed by atoms with Crippen molar-refractivity contribution in [1.82, 2.24) is 15.3 Å². The number of hydrogen-bond donors (Lipinski definition) is 2. The number of pyridine rings is 1. The molecule has 0 aliphatic heterocycles. The van der Waals surface area contributed by atoms with Gasteiger partial charge >= 0.3 is 5.91 Å². The van der Waals surface area contributed by atoms with E-state index in [1.807, 2.05) is 43.3 Å². The molecule has 1 aromatic carbocycles. The zero-order chi connectivity index (χ0) is 24.8. The van der Waals surface area contributed by atoms with Gasteiger partial charge in [-0.2, -0.15) is 0 Å². The van der Waals surface area contributed by atoms with Crippen molar-refractivity contribution in [2.24, 2.45) is 11.8 Å². The van der Waals surface area contributed by atoms with E-state index in [4.69, 9.17) is 15.0 Å². The number of nitrogens with one attached hydrogen (secondary N) is 1. The topological polar surface area (TPSA) is 111 Å². The predicted octanol–water partition coefficient (Wildman–Crippen LogP) is 4.49. The summed E-state index contributed by atoms with van der Waals surface area (Å²) in [7, 11) is 1.56. The van der Waals surface area contributed by atoms with Crippen molar-refractivity contribution in [2.75, 3.05) is 7.05 Å². The maximum absolute atomic E-state index is 13.1. The molecule has 2 aromatic heterocycles. The van der Waals surface area contributed by atoms with Crippen molar-refractivity contribution in [3.8, 4) is 17.2 Å². The summed E-state index contributed by atoms with van der Waals surface area (Å²) in [6.45, 7) is 1.98. The van der Waals surface area contributed by atoms with Gasteiger partial charge in [-0.1, -0.05) is 49.6 Å². The number of carbonyl (C=O) groups excluding carboxylic acids is 2. The van der Waals surface area contributed by atoms with Crippen LogP contribution in [0.4, 0.5) is 0 Å². The predicted molar refractivity (Wildman–Crippen MR) is 132 cm³/mol. The van der Waals surface area contributed by atoms with Crippen molar-refractivity contribution in [3.63, 3.8) is 0 Å². The van der Waals surface area contributed by atoms with Gasteiger partial charge in [0.25, 0.3) is 0 Å². The molecule has 2 heterocycles. The molecule has 2 amide bonds. The van der Waals surface area contributed by atoms with Crippen LogP contribution in [0.2, 0.25) is 0 Å². The Balaban J connectivity index is 1.45. The second-order valence-electron chi connectivity index (χ2n) is 8.88. The molecule has 184 valence electrons. The summed E-state index contributed by atoms with van der Waals surface area (Å²) in [5, 5.41) is 3.67. The van der Waals surface area contributed by atoms with Crippen molar-refractivity contribution >= 4 is 11.8 Å². The maximum Gasteiger partial charge on any atom is 0.304 e. The van der Waals surface area contributed by atoms with Crippen LogP contribution >= 0.6 is 0 Å². The number of furan rings is 1. The summed E-state index contributed by atoms with van der Waals surface area (Å²) in [6.07, 6.45) is 6.43. The molecule has 0 unspecified atom stereocenters. The van der Waals surface area contributed by atoms with E-state index in [1.165, 1.54) is 0 Å². The van der Waals surface area contributed by atoms with Gasteiger partial charge in [0.15, 0.2) is 11.5 Å². The quantitative estimate of drug-likeness (QED) is 0.281. The summed E-state index contributed by atoms with van der Waals surface area (Å²) >= 11 is 0. The van der Waals surface area contributed by atoms with Gasteiger partial charge in [-0.25, -0.2) is 10.8 Å². The highest BCUT2D eigenvalue weighted by Crippen LogP contribution is 2.30. The van der Waals surface area contributed by atoms with Gasteiger partial charge in [-0.15, -0.1) is 0 Å². The lowest BCUT2D eigenvalue weighted by molar-refractivity contribution is -0.127. The van der Waals surface area contributed by atoms with Crippen LogP contribution < -0.4 is 15.9 Å². The first-order valence-corrected chi connectivity index (χ1v) is 12.1. The number of amides is 2. The molecule has 8 nitrogen and oxygen atoms in total. The zero-order valence-electron chi connectivity index (χ0n) is 20.1. The Bertz CT molecular complexity index is 1120. The Kier molecular flexibility index (Phi) is 7.82. The fraction of sp³-hybridized carbons (Fsp3) is 0.370. The summed E-state index contributed by atoms with van der Waals surface area (Å²) in [6, 6.07) is 16.0. The molecular formula is C27H32N4O4. The van der Waals surface area contributed by atoms with Gasteiger partial charge in [-0.3, -0.25) is 14.6 Å². The molecule has 0 saturated heterocycles. The smallest absolute Gasteiger partial charge is 0.304 e. The fourth-order valence-corrected chi connectivity index (χ4v) is 4.60. The van der Waals surface area contributed by atoms with Gasteiger partial charge < -0.3 is 14.5 Å². The van der Waals surface area contributed by atoms with Gasteiger partial charge in [0.1, 0.15) is 23.6 Å². The van der Waals surface area contributed by atoms with Crippen LogP contribution in [0.3, 0.4) is 0 Å². The second-order valence-corrected chi connectivity index (χ2v) is 8.88. The number of nitrogens with zero attached hydrogens (tertiary/aromatic N) is 2. The number of carbonyl (C=O) groups is 2. The average Bonchev–Trinajstić information content (AvgIpc) is 3.40. The SMILES string of the molecule is CNC(=O)[C@H](C1CCCCC1)N(N)C(=O)c1ccc(-c2ccc(O[C@@H](C)c3ccccc3)cn2)o1. The Hall–Kier alpha value is -3.65. The van der Waals surface area contributed by atoms with E-state index >= 15 is 0 Å². The minimum absolute atomic E-state index is 0.0274. The molecule has 8 heteroatoms. The monoisotopic (exact) mass is 476 g/mol. The van der Waals surface area contributed by atoms with Crippen LogP contribution in [0.1, 0.15) is 61.3 Å². The number of aromatic nitrogens is 1. The van der Waals surface area contributed by atoms with E-state index in [0.29, 0.717) is 17.2 Å². The third-order valence-electron chi connectivity index (χ3n) is 6.53. The van der Waals surface area contributed by atoms with Crippen LogP contribution in [0.15, 0.2) is 65.2 Å². The van der Waals surface area contributed by atoms with Crippen LogP contribution in [0, 0.1) is 5.92 Å². The molecule has 1 fully saturated rings. The first kappa shape index (κ1) is 24.5. The molecule has 3 N–H and O–H groups in total. The third-order valence-corrected chi connectivity index (χ3v) is 6.53. The fourth-order valence-electron chi connectivity index (χ4n) is 4.60. The number of likely N-dealkylation sites (N-methyl/N-ethyl adjacent to an activating group) is 1. The average molecular weight is 477 g/mol. The van der Waals surface area contributed by atoms with Crippen molar-refractivity contribution in [2.45, 2.75) is 51.2 Å². The van der Waals surface area contributed by atoms with E-state index in [2.05, 4.69) is 10.3 Å². The minimum Gasteiger partial charge on any atom is -0.484 e. The van der Waals surface area contributed by atoms with Crippen molar-refractivity contribution < 1.29 is 18.7 Å². The Morgan fingerprint density at radius 2 is 1.83 bits per heavy atom. The van der Waals surface area contributed by atoms with Gasteiger partial charge in [0.2, 0.25) is 5.91 Å². The molecule has 1 aliphatic carbocycles. The molecule has 4 rings (SSSR count). The summed E-state index contributed by atoms with van der Waals surface area (Å²) in [4.78, 5) is 30.1. The lowest BCUT2D eigenvalue weighted by Crippen LogP contribution is -2.56. The highest BCUT2D eigenvalue weighted by atomic mass is 16.5. The number of nitrogens with two attached hydrogens (primary N) is 1. The molecule has 35 heavy (non-hydrogen) atoms. The molecule has 1 aliphatic rings. The summed E-state index contributed by atoms with van der Waals surface area (Å²) < 4.78 is 11.8. The van der Waals surface area contributed by atoms with E-state index in [9.17, 15) is 9.59 Å². The highest BCUT2D eigenvalue weighted by Gasteiger charge is 2.36. The lowest BCUT2D eigenvalue weighted by Gasteiger charge is -2.34. The highest BCUT2D eigenvalue weighted by molar-refractivity contribution is 5.95. The van der Waals surface area contributed by atoms with E-state index in [-0.39, 0.29) is 23.7 Å². The van der Waals surface area contributed by atoms with Crippen LogP contribution in [-0.4, -0.2) is 34.9 Å². The number of hydrazine groups is 1. The number of ether oxygens (including phenoxy) is 1. The zero-order valence-corrected chi connectivity index (χ0v) is 20.1. The number of benzene rings is 1. The first-order chi connectivity index (χ1) is 17.0. The number of hydrogen-bond acceptors (Lipinski definition) is 6. The third kappa shape index (κ3) is 5.71. The normalized spacial score (nSPS) is 15.7. The largest absolute Gasteiger partial charge is 0.484 e. The minimum atomic E-state index is -0.734. The van der Waals surface area contributed by atoms with Crippen LogP contribution in [0.25, 0.3) is 11.5 Å². The number of rotatable bonds is 8. The van der Waals surface area contributed by atoms with Crippen molar-refractivity contribution in [1.29, 1.82) is 0 Å². The molecule has 1 saturated carbocycles. The maximum atomic E-state index is 13.1.